The number of imidazole rings is 1. The number of aromatic nitrogens is 2. The van der Waals surface area contributed by atoms with E-state index in [1.807, 2.05) is 0 Å². The summed E-state index contributed by atoms with van der Waals surface area (Å²) in [5.74, 6) is 0. The molecule has 0 spiro atoms. The molecule has 96 valence electrons. The van der Waals surface area contributed by atoms with Crippen LogP contribution < -0.4 is 5.73 Å². The monoisotopic (exact) mass is 260 g/mol. The van der Waals surface area contributed by atoms with Gasteiger partial charge in [-0.2, -0.15) is 4.31 Å². The van der Waals surface area contributed by atoms with Gasteiger partial charge in [0.15, 0.2) is 5.03 Å². The lowest BCUT2D eigenvalue weighted by Crippen LogP contribution is -2.51. The van der Waals surface area contributed by atoms with Gasteiger partial charge in [-0.3, -0.25) is 0 Å². The SMILES string of the molecule is CC(N)C1CN(S(=O)(=O)c2cnc[nH]2)CCO1. The van der Waals surface area contributed by atoms with E-state index in [0.717, 1.165) is 0 Å². The average molecular weight is 260 g/mol. The molecule has 0 aromatic carbocycles. The largest absolute Gasteiger partial charge is 0.374 e. The molecule has 1 aliphatic rings. The molecule has 1 aromatic heterocycles. The van der Waals surface area contributed by atoms with Gasteiger partial charge < -0.3 is 15.5 Å². The number of nitrogens with zero attached hydrogens (tertiary/aromatic N) is 2. The molecule has 7 nitrogen and oxygen atoms in total. The van der Waals surface area contributed by atoms with E-state index >= 15 is 0 Å². The minimum Gasteiger partial charge on any atom is -0.374 e. The fourth-order valence-corrected chi connectivity index (χ4v) is 3.04. The molecule has 0 saturated carbocycles. The third kappa shape index (κ3) is 2.49. The zero-order chi connectivity index (χ0) is 12.5. The van der Waals surface area contributed by atoms with Gasteiger partial charge in [-0.15, -0.1) is 0 Å². The summed E-state index contributed by atoms with van der Waals surface area (Å²) in [7, 11) is -3.51. The summed E-state index contributed by atoms with van der Waals surface area (Å²) >= 11 is 0. The Labute approximate surface area is 100 Å². The standard InChI is InChI=1S/C9H16N4O3S/c1-7(10)8-5-13(2-3-16-8)17(14,15)9-4-11-6-12-9/h4,6-8H,2-3,5,10H2,1H3,(H,11,12). The van der Waals surface area contributed by atoms with Crippen molar-refractivity contribution in [1.29, 1.82) is 0 Å². The van der Waals surface area contributed by atoms with E-state index < -0.39 is 10.0 Å². The maximum absolute atomic E-state index is 12.2. The number of hydrogen-bond acceptors (Lipinski definition) is 5. The van der Waals surface area contributed by atoms with Gasteiger partial charge in [0.05, 0.1) is 25.2 Å². The Balaban J connectivity index is 2.17. The number of nitrogens with one attached hydrogen (secondary N) is 1. The number of aromatic amines is 1. The highest BCUT2D eigenvalue weighted by atomic mass is 32.2. The zero-order valence-electron chi connectivity index (χ0n) is 9.54. The average Bonchev–Trinajstić information content (AvgIpc) is 2.83. The molecule has 0 bridgehead atoms. The second-order valence-electron chi connectivity index (χ2n) is 4.05. The van der Waals surface area contributed by atoms with Crippen LogP contribution in [0.4, 0.5) is 0 Å². The summed E-state index contributed by atoms with van der Waals surface area (Å²) in [6.45, 7) is 2.78. The quantitative estimate of drug-likeness (QED) is 0.737. The van der Waals surface area contributed by atoms with Crippen LogP contribution in [0.1, 0.15) is 6.92 Å². The van der Waals surface area contributed by atoms with Crippen molar-refractivity contribution >= 4 is 10.0 Å². The van der Waals surface area contributed by atoms with Crippen molar-refractivity contribution in [1.82, 2.24) is 14.3 Å². The maximum atomic E-state index is 12.2. The highest BCUT2D eigenvalue weighted by Crippen LogP contribution is 2.17. The summed E-state index contributed by atoms with van der Waals surface area (Å²) in [5, 5.41) is 0.0998. The Morgan fingerprint density at radius 2 is 2.47 bits per heavy atom. The van der Waals surface area contributed by atoms with Gasteiger partial charge in [-0.05, 0) is 6.92 Å². The Kier molecular flexibility index (Phi) is 3.48. The number of sulfonamides is 1. The molecule has 2 unspecified atom stereocenters. The van der Waals surface area contributed by atoms with E-state index in [4.69, 9.17) is 10.5 Å². The van der Waals surface area contributed by atoms with Crippen molar-refractivity contribution in [3.8, 4) is 0 Å². The predicted molar refractivity (Wildman–Crippen MR) is 60.7 cm³/mol. The van der Waals surface area contributed by atoms with Crippen LogP contribution in [-0.4, -0.2) is 54.5 Å². The lowest BCUT2D eigenvalue weighted by molar-refractivity contribution is -0.0120. The fourth-order valence-electron chi connectivity index (χ4n) is 1.71. The second kappa shape index (κ2) is 4.73. The third-order valence-corrected chi connectivity index (χ3v) is 4.52. The number of ether oxygens (including phenoxy) is 1. The Bertz CT molecular complexity index is 457. The molecule has 0 aliphatic carbocycles. The molecular formula is C9H16N4O3S. The van der Waals surface area contributed by atoms with E-state index in [1.54, 1.807) is 6.92 Å². The Hall–Kier alpha value is -0.960. The number of hydrogen-bond donors (Lipinski definition) is 2. The smallest absolute Gasteiger partial charge is 0.260 e. The van der Waals surface area contributed by atoms with Gasteiger partial charge in [0.1, 0.15) is 0 Å². The molecule has 2 atom stereocenters. The van der Waals surface area contributed by atoms with Crippen molar-refractivity contribution in [2.24, 2.45) is 5.73 Å². The molecule has 2 rings (SSSR count). The molecule has 1 saturated heterocycles. The first-order valence-electron chi connectivity index (χ1n) is 5.37. The summed E-state index contributed by atoms with van der Waals surface area (Å²) in [6.07, 6.45) is 2.38. The van der Waals surface area contributed by atoms with Gasteiger partial charge in [-0.1, -0.05) is 0 Å². The molecule has 1 aromatic rings. The number of rotatable bonds is 3. The van der Waals surface area contributed by atoms with E-state index in [9.17, 15) is 8.42 Å². The molecule has 17 heavy (non-hydrogen) atoms. The minimum atomic E-state index is -3.51. The van der Waals surface area contributed by atoms with E-state index in [-0.39, 0.29) is 23.7 Å². The van der Waals surface area contributed by atoms with Crippen molar-refractivity contribution in [3.05, 3.63) is 12.5 Å². The first kappa shape index (κ1) is 12.5. The van der Waals surface area contributed by atoms with Crippen molar-refractivity contribution in [2.45, 2.75) is 24.1 Å². The van der Waals surface area contributed by atoms with E-state index in [0.29, 0.717) is 13.2 Å². The Morgan fingerprint density at radius 1 is 1.71 bits per heavy atom. The number of H-pyrrole nitrogens is 1. The molecule has 1 aliphatic heterocycles. The van der Waals surface area contributed by atoms with Crippen molar-refractivity contribution in [2.75, 3.05) is 19.7 Å². The lowest BCUT2D eigenvalue weighted by atomic mass is 10.2. The molecule has 3 N–H and O–H groups in total. The highest BCUT2D eigenvalue weighted by molar-refractivity contribution is 7.89. The van der Waals surface area contributed by atoms with Crippen LogP contribution in [0.2, 0.25) is 0 Å². The van der Waals surface area contributed by atoms with Gasteiger partial charge in [0.25, 0.3) is 10.0 Å². The van der Waals surface area contributed by atoms with Crippen LogP contribution in [0, 0.1) is 0 Å². The normalized spacial score (nSPS) is 24.7. The van der Waals surface area contributed by atoms with Gasteiger partial charge in [0, 0.05) is 19.1 Å². The van der Waals surface area contributed by atoms with Crippen LogP contribution in [-0.2, 0) is 14.8 Å². The highest BCUT2D eigenvalue weighted by Gasteiger charge is 2.32. The molecule has 1 fully saturated rings. The maximum Gasteiger partial charge on any atom is 0.260 e. The predicted octanol–water partition coefficient (Wildman–Crippen LogP) is -0.854. The third-order valence-electron chi connectivity index (χ3n) is 2.73. The van der Waals surface area contributed by atoms with Crippen LogP contribution in [0.5, 0.6) is 0 Å². The second-order valence-corrected chi connectivity index (χ2v) is 5.95. The van der Waals surface area contributed by atoms with Crippen LogP contribution >= 0.6 is 0 Å². The fraction of sp³-hybridized carbons (Fsp3) is 0.667. The summed E-state index contributed by atoms with van der Waals surface area (Å²) in [4.78, 5) is 6.33. The van der Waals surface area contributed by atoms with Crippen LogP contribution in [0.3, 0.4) is 0 Å². The first-order chi connectivity index (χ1) is 8.01. The van der Waals surface area contributed by atoms with E-state index in [1.165, 1.54) is 16.8 Å². The van der Waals surface area contributed by atoms with Crippen LogP contribution in [0.15, 0.2) is 17.6 Å². The molecule has 0 amide bonds. The van der Waals surface area contributed by atoms with Crippen molar-refractivity contribution in [3.63, 3.8) is 0 Å². The van der Waals surface area contributed by atoms with Gasteiger partial charge in [-0.25, -0.2) is 13.4 Å². The topological polar surface area (TPSA) is 101 Å². The molecule has 8 heteroatoms. The van der Waals surface area contributed by atoms with Gasteiger partial charge >= 0.3 is 0 Å². The summed E-state index contributed by atoms with van der Waals surface area (Å²) in [6, 6.07) is -0.199. The molecule has 0 radical (unpaired) electrons. The minimum absolute atomic E-state index is 0.0998. The molecular weight excluding hydrogens is 244 g/mol. The number of morpholine rings is 1. The molecule has 2 heterocycles. The van der Waals surface area contributed by atoms with Crippen LogP contribution in [0.25, 0.3) is 0 Å². The summed E-state index contributed by atoms with van der Waals surface area (Å²) < 4.78 is 31.1. The lowest BCUT2D eigenvalue weighted by Gasteiger charge is -2.33. The number of nitrogens with two attached hydrogens (primary N) is 1. The van der Waals surface area contributed by atoms with E-state index in [2.05, 4.69) is 9.97 Å². The first-order valence-corrected chi connectivity index (χ1v) is 6.81. The summed E-state index contributed by atoms with van der Waals surface area (Å²) in [5.41, 5.74) is 5.72. The Morgan fingerprint density at radius 3 is 3.06 bits per heavy atom. The van der Waals surface area contributed by atoms with Crippen molar-refractivity contribution < 1.29 is 13.2 Å². The zero-order valence-corrected chi connectivity index (χ0v) is 10.4. The van der Waals surface area contributed by atoms with Gasteiger partial charge in [0.2, 0.25) is 0 Å².